The van der Waals surface area contributed by atoms with Crippen LogP contribution in [-0.4, -0.2) is 16.8 Å². The minimum absolute atomic E-state index is 0.0868. The van der Waals surface area contributed by atoms with Gasteiger partial charge in [0.2, 0.25) is 5.91 Å². The number of nitrogens with zero attached hydrogens (tertiary/aromatic N) is 1. The highest BCUT2D eigenvalue weighted by atomic mass is 35.5. The minimum atomic E-state index is -0.0868. The van der Waals surface area contributed by atoms with Gasteiger partial charge in [-0.3, -0.25) is 4.79 Å². The predicted molar refractivity (Wildman–Crippen MR) is 82.3 cm³/mol. The molecule has 0 spiro atoms. The maximum Gasteiger partial charge on any atom is 0.227 e. The largest absolute Gasteiger partial charge is 0.302 e. The fourth-order valence-electron chi connectivity index (χ4n) is 1.80. The first-order valence-corrected chi connectivity index (χ1v) is 7.75. The second kappa shape index (κ2) is 6.35. The van der Waals surface area contributed by atoms with E-state index in [0.717, 1.165) is 16.6 Å². The number of hydrogen-bond acceptors (Lipinski definition) is 3. The van der Waals surface area contributed by atoms with Crippen molar-refractivity contribution < 1.29 is 4.79 Å². The number of alkyl halides is 1. The molecule has 1 atom stereocenters. The molecule has 2 rings (SSSR count). The summed E-state index contributed by atoms with van der Waals surface area (Å²) in [6.45, 7) is 4.39. The van der Waals surface area contributed by atoms with E-state index in [1.165, 1.54) is 16.9 Å². The van der Waals surface area contributed by atoms with Crippen molar-refractivity contribution in [3.63, 3.8) is 0 Å². The molecule has 0 saturated carbocycles. The number of anilines is 1. The summed E-state index contributed by atoms with van der Waals surface area (Å²) in [4.78, 5) is 15.9. The van der Waals surface area contributed by atoms with Gasteiger partial charge in [-0.25, -0.2) is 4.98 Å². The van der Waals surface area contributed by atoms with E-state index in [0.29, 0.717) is 23.4 Å². The Labute approximate surface area is 122 Å². The van der Waals surface area contributed by atoms with E-state index in [9.17, 15) is 4.79 Å². The zero-order valence-corrected chi connectivity index (χ0v) is 12.6. The van der Waals surface area contributed by atoms with Crippen molar-refractivity contribution in [2.75, 3.05) is 11.2 Å². The lowest BCUT2D eigenvalue weighted by molar-refractivity contribution is -0.115. The normalized spacial score (nSPS) is 12.6. The van der Waals surface area contributed by atoms with Crippen LogP contribution in [0.5, 0.6) is 0 Å². The van der Waals surface area contributed by atoms with Gasteiger partial charge >= 0.3 is 0 Å². The van der Waals surface area contributed by atoms with Crippen molar-refractivity contribution in [2.45, 2.75) is 32.6 Å². The number of aromatic nitrogens is 1. The third-order valence-corrected chi connectivity index (χ3v) is 4.28. The Morgan fingerprint density at radius 1 is 1.53 bits per heavy atom. The molecular formula is C14H17ClN2OS. The smallest absolute Gasteiger partial charge is 0.227 e. The first-order valence-electron chi connectivity index (χ1n) is 6.40. The summed E-state index contributed by atoms with van der Waals surface area (Å²) in [5.41, 5.74) is 2.25. The van der Waals surface area contributed by atoms with Gasteiger partial charge in [0.25, 0.3) is 0 Å². The number of amides is 1. The molecular weight excluding hydrogens is 280 g/mol. The molecule has 0 fully saturated rings. The molecule has 1 aromatic heterocycles. The zero-order chi connectivity index (χ0) is 13.8. The third-order valence-electron chi connectivity index (χ3n) is 3.16. The summed E-state index contributed by atoms with van der Waals surface area (Å²) < 4.78 is 1.11. The van der Waals surface area contributed by atoms with Crippen LogP contribution in [0.2, 0.25) is 0 Å². The van der Waals surface area contributed by atoms with Gasteiger partial charge in [-0.2, -0.15) is 0 Å². The molecule has 1 aromatic carbocycles. The average molecular weight is 297 g/mol. The van der Waals surface area contributed by atoms with Gasteiger partial charge in [-0.1, -0.05) is 31.3 Å². The van der Waals surface area contributed by atoms with Crippen molar-refractivity contribution >= 4 is 44.2 Å². The van der Waals surface area contributed by atoms with Crippen LogP contribution in [0.4, 0.5) is 5.13 Å². The summed E-state index contributed by atoms with van der Waals surface area (Å²) >= 11 is 7.04. The molecule has 0 radical (unpaired) electrons. The Hall–Kier alpha value is -1.13. The van der Waals surface area contributed by atoms with E-state index < -0.39 is 0 Å². The summed E-state index contributed by atoms with van der Waals surface area (Å²) in [7, 11) is 0. The van der Waals surface area contributed by atoms with Crippen molar-refractivity contribution in [3.8, 4) is 0 Å². The van der Waals surface area contributed by atoms with E-state index in [1.54, 1.807) is 0 Å². The molecule has 3 nitrogen and oxygen atoms in total. The number of benzene rings is 1. The van der Waals surface area contributed by atoms with E-state index in [4.69, 9.17) is 11.6 Å². The average Bonchev–Trinajstić information content (AvgIpc) is 2.78. The van der Waals surface area contributed by atoms with E-state index in [1.807, 2.05) is 6.07 Å². The van der Waals surface area contributed by atoms with Crippen molar-refractivity contribution in [1.82, 2.24) is 4.98 Å². The molecule has 0 aliphatic heterocycles. The Morgan fingerprint density at radius 3 is 3.00 bits per heavy atom. The third kappa shape index (κ3) is 3.45. The number of thiazole rings is 1. The number of carbonyl (C=O) groups is 1. The molecule has 5 heteroatoms. The van der Waals surface area contributed by atoms with Gasteiger partial charge in [0.05, 0.1) is 10.2 Å². The first kappa shape index (κ1) is 14.3. The molecule has 2 aromatic rings. The lowest BCUT2D eigenvalue weighted by Crippen LogP contribution is -2.11. The monoisotopic (exact) mass is 296 g/mol. The van der Waals surface area contributed by atoms with E-state index in [2.05, 4.69) is 36.3 Å². The van der Waals surface area contributed by atoms with Crippen LogP contribution in [0.15, 0.2) is 18.2 Å². The lowest BCUT2D eigenvalue weighted by Gasteiger charge is -2.07. The highest BCUT2D eigenvalue weighted by Gasteiger charge is 2.09. The lowest BCUT2D eigenvalue weighted by atomic mass is 9.99. The van der Waals surface area contributed by atoms with Gasteiger partial charge in [0.1, 0.15) is 0 Å². The van der Waals surface area contributed by atoms with Crippen LogP contribution in [0.1, 0.15) is 38.2 Å². The van der Waals surface area contributed by atoms with E-state index >= 15 is 0 Å². The number of rotatable bonds is 5. The SMILES string of the molecule is CCC(C)c1ccc2nc(NC(=O)CCCl)sc2c1. The van der Waals surface area contributed by atoms with Crippen LogP contribution < -0.4 is 5.32 Å². The molecule has 1 amide bonds. The minimum Gasteiger partial charge on any atom is -0.302 e. The molecule has 1 unspecified atom stereocenters. The highest BCUT2D eigenvalue weighted by molar-refractivity contribution is 7.22. The first-order chi connectivity index (χ1) is 9.13. The topological polar surface area (TPSA) is 42.0 Å². The summed E-state index contributed by atoms with van der Waals surface area (Å²) in [6.07, 6.45) is 1.43. The number of halogens is 1. The predicted octanol–water partition coefficient (Wildman–Crippen LogP) is 4.38. The standard InChI is InChI=1S/C14H17ClN2OS/c1-3-9(2)10-4-5-11-12(8-10)19-14(16-11)17-13(18)6-7-15/h4-5,8-9H,3,6-7H2,1-2H3,(H,16,17,18). The fraction of sp³-hybridized carbons (Fsp3) is 0.429. The summed E-state index contributed by atoms with van der Waals surface area (Å²) in [6, 6.07) is 6.30. The number of carbonyl (C=O) groups excluding carboxylic acids is 1. The van der Waals surface area contributed by atoms with Crippen LogP contribution in [-0.2, 0) is 4.79 Å². The highest BCUT2D eigenvalue weighted by Crippen LogP contribution is 2.29. The summed E-state index contributed by atoms with van der Waals surface area (Å²) in [5, 5.41) is 3.42. The van der Waals surface area contributed by atoms with Crippen LogP contribution in [0.3, 0.4) is 0 Å². The Kier molecular flexibility index (Phi) is 4.77. The molecule has 0 aliphatic carbocycles. The molecule has 1 N–H and O–H groups in total. The number of fused-ring (bicyclic) bond motifs is 1. The van der Waals surface area contributed by atoms with Gasteiger partial charge in [-0.15, -0.1) is 11.6 Å². The van der Waals surface area contributed by atoms with Crippen molar-refractivity contribution in [2.24, 2.45) is 0 Å². The maximum absolute atomic E-state index is 11.5. The van der Waals surface area contributed by atoms with Gasteiger partial charge < -0.3 is 5.32 Å². The quantitative estimate of drug-likeness (QED) is 0.832. The fourth-order valence-corrected chi connectivity index (χ4v) is 2.91. The van der Waals surface area contributed by atoms with Gasteiger partial charge in [0, 0.05) is 12.3 Å². The number of nitrogens with one attached hydrogen (secondary N) is 1. The molecule has 102 valence electrons. The second-order valence-electron chi connectivity index (χ2n) is 4.54. The van der Waals surface area contributed by atoms with Crippen LogP contribution in [0, 0.1) is 0 Å². The Balaban J connectivity index is 2.23. The van der Waals surface area contributed by atoms with Crippen molar-refractivity contribution in [1.29, 1.82) is 0 Å². The summed E-state index contributed by atoms with van der Waals surface area (Å²) in [5.74, 6) is 0.784. The molecule has 0 saturated heterocycles. The molecule has 0 bridgehead atoms. The van der Waals surface area contributed by atoms with Crippen LogP contribution in [0.25, 0.3) is 10.2 Å². The molecule has 0 aliphatic rings. The van der Waals surface area contributed by atoms with E-state index in [-0.39, 0.29) is 5.91 Å². The second-order valence-corrected chi connectivity index (χ2v) is 5.95. The van der Waals surface area contributed by atoms with Gasteiger partial charge in [-0.05, 0) is 30.0 Å². The van der Waals surface area contributed by atoms with Crippen molar-refractivity contribution in [3.05, 3.63) is 23.8 Å². The molecule has 19 heavy (non-hydrogen) atoms. The maximum atomic E-state index is 11.5. The zero-order valence-electron chi connectivity index (χ0n) is 11.1. The Morgan fingerprint density at radius 2 is 2.32 bits per heavy atom. The Bertz CT molecular complexity index is 582. The number of hydrogen-bond donors (Lipinski definition) is 1. The molecule has 1 heterocycles. The van der Waals surface area contributed by atoms with Gasteiger partial charge in [0.15, 0.2) is 5.13 Å². The van der Waals surface area contributed by atoms with Crippen LogP contribution >= 0.6 is 22.9 Å².